The van der Waals surface area contributed by atoms with Crippen molar-refractivity contribution in [1.29, 1.82) is 0 Å². The average Bonchev–Trinajstić information content (AvgIpc) is 2.55. The summed E-state index contributed by atoms with van der Waals surface area (Å²) in [5, 5.41) is 9.36. The number of hydrogen-bond acceptors (Lipinski definition) is 4. The second kappa shape index (κ2) is 5.07. The molecular weight excluding hydrogens is 190 g/mol. The summed E-state index contributed by atoms with van der Waals surface area (Å²) >= 11 is 0. The molecule has 0 amide bonds. The third kappa shape index (κ3) is 2.45. The van der Waals surface area contributed by atoms with Gasteiger partial charge in [0.05, 0.1) is 12.6 Å². The molecule has 1 aliphatic rings. The van der Waals surface area contributed by atoms with Gasteiger partial charge in [-0.15, -0.1) is 0 Å². The Bertz CT molecular complexity index is 291. The number of nitrogens with zero attached hydrogens (tertiary/aromatic N) is 3. The van der Waals surface area contributed by atoms with E-state index in [4.69, 9.17) is 0 Å². The Labute approximate surface area is 90.0 Å². The van der Waals surface area contributed by atoms with Crippen molar-refractivity contribution >= 4 is 5.82 Å². The van der Waals surface area contributed by atoms with Gasteiger partial charge in [0.2, 0.25) is 0 Å². The van der Waals surface area contributed by atoms with E-state index in [1.54, 1.807) is 12.5 Å². The molecule has 0 radical (unpaired) electrons. The number of hydrogen-bond donors (Lipinski definition) is 1. The minimum atomic E-state index is 0.212. The molecule has 82 valence electrons. The maximum absolute atomic E-state index is 9.36. The van der Waals surface area contributed by atoms with Gasteiger partial charge >= 0.3 is 0 Å². The average molecular weight is 207 g/mol. The molecular formula is C11H17N3O. The summed E-state index contributed by atoms with van der Waals surface area (Å²) in [7, 11) is 0. The minimum Gasteiger partial charge on any atom is -0.394 e. The predicted octanol–water partition coefficient (Wildman–Crippen LogP) is 1.22. The third-order valence-corrected chi connectivity index (χ3v) is 2.95. The Kier molecular flexibility index (Phi) is 3.50. The zero-order chi connectivity index (χ0) is 10.5. The molecule has 1 aromatic rings. The van der Waals surface area contributed by atoms with E-state index in [1.807, 2.05) is 6.07 Å². The van der Waals surface area contributed by atoms with Crippen LogP contribution in [-0.4, -0.2) is 34.3 Å². The van der Waals surface area contributed by atoms with Gasteiger partial charge in [0.25, 0.3) is 0 Å². The van der Waals surface area contributed by atoms with E-state index in [-0.39, 0.29) is 12.6 Å². The molecule has 0 aromatic carbocycles. The summed E-state index contributed by atoms with van der Waals surface area (Å²) in [5.74, 6) is 0.936. The maximum atomic E-state index is 9.36. The van der Waals surface area contributed by atoms with Gasteiger partial charge in [-0.3, -0.25) is 0 Å². The largest absolute Gasteiger partial charge is 0.394 e. The lowest BCUT2D eigenvalue weighted by molar-refractivity contribution is 0.254. The highest BCUT2D eigenvalue weighted by Gasteiger charge is 2.20. The normalized spacial score (nSPS) is 22.5. The summed E-state index contributed by atoms with van der Waals surface area (Å²) in [5.41, 5.74) is 0. The number of anilines is 1. The molecule has 1 saturated heterocycles. The summed E-state index contributed by atoms with van der Waals surface area (Å²) in [6, 6.07) is 2.14. The van der Waals surface area contributed by atoms with Crippen LogP contribution in [0.3, 0.4) is 0 Å². The molecule has 0 spiro atoms. The van der Waals surface area contributed by atoms with Crippen LogP contribution in [0.5, 0.6) is 0 Å². The molecule has 2 heterocycles. The lowest BCUT2D eigenvalue weighted by Crippen LogP contribution is -2.38. The Hall–Kier alpha value is -1.16. The zero-order valence-electron chi connectivity index (χ0n) is 8.84. The first-order chi connectivity index (χ1) is 7.42. The highest BCUT2D eigenvalue weighted by atomic mass is 16.3. The highest BCUT2D eigenvalue weighted by Crippen LogP contribution is 2.21. The van der Waals surface area contributed by atoms with Gasteiger partial charge in [0.1, 0.15) is 12.1 Å². The van der Waals surface area contributed by atoms with E-state index in [1.165, 1.54) is 19.3 Å². The highest BCUT2D eigenvalue weighted by molar-refractivity contribution is 5.38. The van der Waals surface area contributed by atoms with Crippen molar-refractivity contribution in [2.75, 3.05) is 18.1 Å². The van der Waals surface area contributed by atoms with Crippen LogP contribution < -0.4 is 4.90 Å². The number of aliphatic hydroxyl groups is 1. The molecule has 0 aliphatic carbocycles. The van der Waals surface area contributed by atoms with Crippen LogP contribution in [0, 0.1) is 0 Å². The molecule has 1 atom stereocenters. The van der Waals surface area contributed by atoms with Gasteiger partial charge in [-0.1, -0.05) is 12.8 Å². The van der Waals surface area contributed by atoms with Crippen LogP contribution in [0.25, 0.3) is 0 Å². The van der Waals surface area contributed by atoms with E-state index >= 15 is 0 Å². The van der Waals surface area contributed by atoms with E-state index in [2.05, 4.69) is 14.9 Å². The van der Waals surface area contributed by atoms with Crippen molar-refractivity contribution in [1.82, 2.24) is 9.97 Å². The number of aromatic nitrogens is 2. The Balaban J connectivity index is 2.16. The van der Waals surface area contributed by atoms with E-state index in [0.29, 0.717) is 0 Å². The first-order valence-corrected chi connectivity index (χ1v) is 5.55. The fraction of sp³-hybridized carbons (Fsp3) is 0.636. The molecule has 0 bridgehead atoms. The molecule has 4 heteroatoms. The molecule has 1 aliphatic heterocycles. The first-order valence-electron chi connectivity index (χ1n) is 5.55. The summed E-state index contributed by atoms with van der Waals surface area (Å²) in [4.78, 5) is 10.4. The van der Waals surface area contributed by atoms with Crippen molar-refractivity contribution in [3.8, 4) is 0 Å². The van der Waals surface area contributed by atoms with Crippen LogP contribution in [0.15, 0.2) is 18.6 Å². The summed E-state index contributed by atoms with van der Waals surface area (Å²) in [6.07, 6.45) is 8.00. The van der Waals surface area contributed by atoms with Gasteiger partial charge in [0, 0.05) is 12.7 Å². The SMILES string of the molecule is OCC1CCCCCN1c1ccncn1. The third-order valence-electron chi connectivity index (χ3n) is 2.95. The second-order valence-corrected chi connectivity index (χ2v) is 3.95. The van der Waals surface area contributed by atoms with Crippen LogP contribution in [0.1, 0.15) is 25.7 Å². The zero-order valence-corrected chi connectivity index (χ0v) is 8.84. The molecule has 4 nitrogen and oxygen atoms in total. The molecule has 1 N–H and O–H groups in total. The monoisotopic (exact) mass is 207 g/mol. The predicted molar refractivity (Wildman–Crippen MR) is 58.7 cm³/mol. The quantitative estimate of drug-likeness (QED) is 0.792. The first kappa shape index (κ1) is 10.4. The molecule has 15 heavy (non-hydrogen) atoms. The lowest BCUT2D eigenvalue weighted by Gasteiger charge is -2.29. The maximum Gasteiger partial charge on any atom is 0.132 e. The lowest BCUT2D eigenvalue weighted by atomic mass is 10.1. The van der Waals surface area contributed by atoms with Crippen molar-refractivity contribution in [2.45, 2.75) is 31.7 Å². The van der Waals surface area contributed by atoms with Crippen molar-refractivity contribution in [3.05, 3.63) is 18.6 Å². The van der Waals surface area contributed by atoms with Crippen molar-refractivity contribution < 1.29 is 5.11 Å². The van der Waals surface area contributed by atoms with Crippen LogP contribution >= 0.6 is 0 Å². The number of rotatable bonds is 2. The molecule has 1 unspecified atom stereocenters. The van der Waals surface area contributed by atoms with Crippen LogP contribution in [0.2, 0.25) is 0 Å². The van der Waals surface area contributed by atoms with Gasteiger partial charge < -0.3 is 10.0 Å². The van der Waals surface area contributed by atoms with Gasteiger partial charge in [-0.05, 0) is 18.9 Å². The van der Waals surface area contributed by atoms with Gasteiger partial charge in [0.15, 0.2) is 0 Å². The van der Waals surface area contributed by atoms with Crippen LogP contribution in [0.4, 0.5) is 5.82 Å². The Morgan fingerprint density at radius 3 is 3.07 bits per heavy atom. The van der Waals surface area contributed by atoms with Crippen LogP contribution in [-0.2, 0) is 0 Å². The molecule has 0 saturated carbocycles. The molecule has 2 rings (SSSR count). The summed E-state index contributed by atoms with van der Waals surface area (Å²) in [6.45, 7) is 1.20. The number of aliphatic hydroxyl groups excluding tert-OH is 1. The van der Waals surface area contributed by atoms with E-state index in [0.717, 1.165) is 18.8 Å². The van der Waals surface area contributed by atoms with Gasteiger partial charge in [-0.2, -0.15) is 0 Å². The topological polar surface area (TPSA) is 49.2 Å². The minimum absolute atomic E-state index is 0.212. The Morgan fingerprint density at radius 2 is 2.33 bits per heavy atom. The second-order valence-electron chi connectivity index (χ2n) is 3.95. The van der Waals surface area contributed by atoms with E-state index < -0.39 is 0 Å². The summed E-state index contributed by atoms with van der Waals surface area (Å²) < 4.78 is 0. The fourth-order valence-corrected chi connectivity index (χ4v) is 2.12. The smallest absolute Gasteiger partial charge is 0.132 e. The van der Waals surface area contributed by atoms with Gasteiger partial charge in [-0.25, -0.2) is 9.97 Å². The fourth-order valence-electron chi connectivity index (χ4n) is 2.12. The molecule has 1 aromatic heterocycles. The molecule has 1 fully saturated rings. The Morgan fingerprint density at radius 1 is 1.40 bits per heavy atom. The standard InChI is InChI=1S/C11H17N3O/c15-8-10-4-2-1-3-7-14(10)11-5-6-12-9-13-11/h5-6,9-10,15H,1-4,7-8H2. The van der Waals surface area contributed by atoms with Crippen molar-refractivity contribution in [2.24, 2.45) is 0 Å². The van der Waals surface area contributed by atoms with Crippen molar-refractivity contribution in [3.63, 3.8) is 0 Å². The van der Waals surface area contributed by atoms with E-state index in [9.17, 15) is 5.11 Å².